The molecule has 1 aromatic carbocycles. The van der Waals surface area contributed by atoms with Gasteiger partial charge < -0.3 is 20.1 Å². The number of hydrogen-bond acceptors (Lipinski definition) is 5. The maximum atomic E-state index is 11.7. The fourth-order valence-electron chi connectivity index (χ4n) is 4.48. The quantitative estimate of drug-likeness (QED) is 0.218. The Kier molecular flexibility index (Phi) is 11.6. The first kappa shape index (κ1) is 27.6. The monoisotopic (exact) mass is 458 g/mol. The van der Waals surface area contributed by atoms with Gasteiger partial charge >= 0.3 is 5.97 Å². The molecule has 1 aliphatic rings. The van der Waals surface area contributed by atoms with Crippen LogP contribution >= 0.6 is 0 Å². The third-order valence-corrected chi connectivity index (χ3v) is 6.37. The van der Waals surface area contributed by atoms with Gasteiger partial charge in [0.05, 0.1) is 24.9 Å². The van der Waals surface area contributed by atoms with Gasteiger partial charge in [-0.2, -0.15) is 0 Å². The molecule has 0 amide bonds. The van der Waals surface area contributed by atoms with Gasteiger partial charge in [0.2, 0.25) is 0 Å². The Morgan fingerprint density at radius 1 is 1.15 bits per heavy atom. The van der Waals surface area contributed by atoms with Crippen LogP contribution in [0.5, 0.6) is 0 Å². The van der Waals surface area contributed by atoms with Gasteiger partial charge in [-0.1, -0.05) is 49.4 Å². The van der Waals surface area contributed by atoms with Crippen molar-refractivity contribution in [2.45, 2.75) is 83.0 Å². The molecule has 0 unspecified atom stereocenters. The predicted octanol–water partition coefficient (Wildman–Crippen LogP) is 4.45. The lowest BCUT2D eigenvalue weighted by atomic mass is 9.85. The Balaban J connectivity index is 1.68. The number of carbonyl (C=O) groups excluding carboxylic acids is 1. The fraction of sp³-hybridized carbons (Fsp3) is 0.607. The number of allylic oxidation sites excluding steroid dienone is 2. The van der Waals surface area contributed by atoms with Crippen LogP contribution in [0.1, 0.15) is 63.9 Å². The zero-order valence-corrected chi connectivity index (χ0v) is 20.1. The van der Waals surface area contributed by atoms with E-state index in [9.17, 15) is 20.1 Å². The highest BCUT2D eigenvalue weighted by atomic mass is 16.5. The topological polar surface area (TPSA) is 87.0 Å². The number of benzene rings is 1. The largest absolute Gasteiger partial charge is 0.465 e. The lowest BCUT2D eigenvalue weighted by Crippen LogP contribution is -2.23. The van der Waals surface area contributed by atoms with Crippen LogP contribution in [0.2, 0.25) is 0 Å². The Bertz CT molecular complexity index is 709. The van der Waals surface area contributed by atoms with E-state index in [2.05, 4.69) is 26.0 Å². The number of carbonyl (C=O) groups is 1. The zero-order chi connectivity index (χ0) is 24.3. The van der Waals surface area contributed by atoms with Crippen molar-refractivity contribution in [1.82, 2.24) is 0 Å². The summed E-state index contributed by atoms with van der Waals surface area (Å²) in [5, 5.41) is 31.3. The SMILES string of the molecule is [CH2]C([CH2])(C)COC(=O)CCC/C=C\C[C@@H]1[C@@H](CC[C@@H](O)CCc2ccccc2)[C@H](O)C[C@@H]1O. The average Bonchev–Trinajstić information content (AvgIpc) is 3.04. The third kappa shape index (κ3) is 10.9. The number of hydrogen-bond donors (Lipinski definition) is 3. The van der Waals surface area contributed by atoms with Crippen LogP contribution in [-0.4, -0.2) is 46.2 Å². The molecule has 2 radical (unpaired) electrons. The van der Waals surface area contributed by atoms with E-state index in [1.54, 1.807) is 0 Å². The van der Waals surface area contributed by atoms with Crippen LogP contribution in [0.15, 0.2) is 42.5 Å². The van der Waals surface area contributed by atoms with E-state index in [4.69, 9.17) is 4.74 Å². The summed E-state index contributed by atoms with van der Waals surface area (Å²) < 4.78 is 5.15. The Morgan fingerprint density at radius 2 is 1.85 bits per heavy atom. The number of esters is 1. The zero-order valence-electron chi connectivity index (χ0n) is 20.1. The molecule has 0 saturated heterocycles. The van der Waals surface area contributed by atoms with Crippen LogP contribution in [0.3, 0.4) is 0 Å². The van der Waals surface area contributed by atoms with E-state index in [1.165, 1.54) is 5.56 Å². The number of aliphatic hydroxyl groups is 3. The van der Waals surface area contributed by atoms with Gasteiger partial charge in [-0.3, -0.25) is 4.79 Å². The first-order valence-electron chi connectivity index (χ1n) is 12.2. The van der Waals surface area contributed by atoms with E-state index in [-0.39, 0.29) is 24.4 Å². The number of ether oxygens (including phenoxy) is 1. The maximum absolute atomic E-state index is 11.7. The standard InChI is InChI=1S/C28H42O5/c1-28(2,3)20-33-27(32)14-10-5-4-9-13-23-24(26(31)19-25(23)30)18-17-22(29)16-15-21-11-7-6-8-12-21/h4,6-9,11-12,22-26,29-31H,1-2,5,10,13-20H2,3H3/b9-4-/t22-,23+,24+,25-,26+/m0/s1. The highest BCUT2D eigenvalue weighted by Crippen LogP contribution is 2.38. The van der Waals surface area contributed by atoms with Crippen molar-refractivity contribution in [1.29, 1.82) is 0 Å². The molecule has 1 fully saturated rings. The van der Waals surface area contributed by atoms with E-state index >= 15 is 0 Å². The molecule has 1 aromatic rings. The van der Waals surface area contributed by atoms with Crippen LogP contribution in [-0.2, 0) is 16.0 Å². The molecule has 0 spiro atoms. The summed E-state index contributed by atoms with van der Waals surface area (Å²) in [6.45, 7) is 9.65. The molecule has 184 valence electrons. The van der Waals surface area contributed by atoms with Gasteiger partial charge in [0, 0.05) is 11.8 Å². The van der Waals surface area contributed by atoms with Crippen molar-refractivity contribution in [3.8, 4) is 0 Å². The normalized spacial score (nSPS) is 24.3. The third-order valence-electron chi connectivity index (χ3n) is 6.37. The van der Waals surface area contributed by atoms with E-state index in [0.717, 1.165) is 12.8 Å². The molecular weight excluding hydrogens is 416 g/mol. The van der Waals surface area contributed by atoms with Crippen molar-refractivity contribution in [3.63, 3.8) is 0 Å². The predicted molar refractivity (Wildman–Crippen MR) is 131 cm³/mol. The van der Waals surface area contributed by atoms with Gasteiger partial charge in [-0.25, -0.2) is 0 Å². The summed E-state index contributed by atoms with van der Waals surface area (Å²) >= 11 is 0. The Morgan fingerprint density at radius 3 is 2.55 bits per heavy atom. The summed E-state index contributed by atoms with van der Waals surface area (Å²) in [5.74, 6) is -0.248. The summed E-state index contributed by atoms with van der Waals surface area (Å²) in [6.07, 6.45) is 8.38. The van der Waals surface area contributed by atoms with Crippen LogP contribution in [0, 0.1) is 31.1 Å². The van der Waals surface area contributed by atoms with Crippen LogP contribution in [0.25, 0.3) is 0 Å². The molecule has 33 heavy (non-hydrogen) atoms. The molecule has 1 saturated carbocycles. The molecule has 0 bridgehead atoms. The molecule has 3 N–H and O–H groups in total. The van der Waals surface area contributed by atoms with Crippen molar-refractivity contribution in [3.05, 3.63) is 61.9 Å². The summed E-state index contributed by atoms with van der Waals surface area (Å²) in [5.41, 5.74) is 0.698. The van der Waals surface area contributed by atoms with Gasteiger partial charge in [0.15, 0.2) is 0 Å². The van der Waals surface area contributed by atoms with E-state index < -0.39 is 23.7 Å². The Hall–Kier alpha value is -1.69. The van der Waals surface area contributed by atoms with Gasteiger partial charge in [0.1, 0.15) is 0 Å². The number of aliphatic hydroxyl groups excluding tert-OH is 3. The molecule has 0 aromatic heterocycles. The van der Waals surface area contributed by atoms with E-state index in [1.807, 2.05) is 37.3 Å². The highest BCUT2D eigenvalue weighted by Gasteiger charge is 2.40. The number of aryl methyl sites for hydroxylation is 1. The molecule has 0 heterocycles. The van der Waals surface area contributed by atoms with Crippen molar-refractivity contribution in [2.24, 2.45) is 17.3 Å². The highest BCUT2D eigenvalue weighted by molar-refractivity contribution is 5.69. The van der Waals surface area contributed by atoms with Crippen molar-refractivity contribution >= 4 is 5.97 Å². The molecule has 5 atom stereocenters. The smallest absolute Gasteiger partial charge is 0.305 e. The lowest BCUT2D eigenvalue weighted by Gasteiger charge is -2.23. The lowest BCUT2D eigenvalue weighted by molar-refractivity contribution is -0.145. The van der Waals surface area contributed by atoms with Crippen molar-refractivity contribution < 1.29 is 24.9 Å². The summed E-state index contributed by atoms with van der Waals surface area (Å²) in [7, 11) is 0. The second-order valence-corrected chi connectivity index (χ2v) is 10.0. The van der Waals surface area contributed by atoms with Gasteiger partial charge in [-0.05, 0) is 82.6 Å². The van der Waals surface area contributed by atoms with Crippen LogP contribution in [0.4, 0.5) is 0 Å². The number of rotatable bonds is 14. The minimum Gasteiger partial charge on any atom is -0.465 e. The minimum atomic E-state index is -0.527. The van der Waals surface area contributed by atoms with Crippen LogP contribution < -0.4 is 0 Å². The molecule has 5 nitrogen and oxygen atoms in total. The maximum Gasteiger partial charge on any atom is 0.305 e. The van der Waals surface area contributed by atoms with Gasteiger partial charge in [-0.15, -0.1) is 0 Å². The second-order valence-electron chi connectivity index (χ2n) is 10.0. The Labute approximate surface area is 199 Å². The minimum absolute atomic E-state index is 0.00526. The first-order valence-corrected chi connectivity index (χ1v) is 12.2. The average molecular weight is 459 g/mol. The fourth-order valence-corrected chi connectivity index (χ4v) is 4.48. The molecular formula is C28H42O5. The summed E-state index contributed by atoms with van der Waals surface area (Å²) in [4.78, 5) is 11.7. The van der Waals surface area contributed by atoms with E-state index in [0.29, 0.717) is 44.9 Å². The first-order chi connectivity index (χ1) is 15.7. The molecule has 0 aliphatic heterocycles. The van der Waals surface area contributed by atoms with Crippen molar-refractivity contribution in [2.75, 3.05) is 6.61 Å². The van der Waals surface area contributed by atoms with Gasteiger partial charge in [0.25, 0.3) is 0 Å². The summed E-state index contributed by atoms with van der Waals surface area (Å²) in [6, 6.07) is 10.1. The molecule has 5 heteroatoms. The second kappa shape index (κ2) is 13.9. The molecule has 1 aliphatic carbocycles. The molecule has 2 rings (SSSR count). The number of unbranched alkanes of at least 4 members (excludes halogenated alkanes) is 1.